The predicted octanol–water partition coefficient (Wildman–Crippen LogP) is 2.71. The van der Waals surface area contributed by atoms with Crippen molar-refractivity contribution >= 4 is 33.5 Å². The van der Waals surface area contributed by atoms with E-state index in [-0.39, 0.29) is 27.4 Å². The SMILES string of the molecule is CCOC(=O)C(F)[C@@H](N)c1ccc(Cl)c(Br)c1O. The molecule has 0 heterocycles. The van der Waals surface area contributed by atoms with Crippen LogP contribution in [0.3, 0.4) is 0 Å². The highest BCUT2D eigenvalue weighted by atomic mass is 79.9. The summed E-state index contributed by atoms with van der Waals surface area (Å²) in [5.41, 5.74) is 5.67. The van der Waals surface area contributed by atoms with Crippen LogP contribution in [0.5, 0.6) is 5.75 Å². The molecule has 1 aromatic carbocycles. The molecule has 1 rings (SSSR count). The minimum Gasteiger partial charge on any atom is -0.506 e. The first-order chi connectivity index (χ1) is 8.40. The van der Waals surface area contributed by atoms with Gasteiger partial charge in [-0.05, 0) is 28.9 Å². The number of alkyl halides is 1. The van der Waals surface area contributed by atoms with Crippen molar-refractivity contribution < 1.29 is 19.0 Å². The molecule has 0 spiro atoms. The number of benzene rings is 1. The van der Waals surface area contributed by atoms with E-state index in [1.54, 1.807) is 6.92 Å². The van der Waals surface area contributed by atoms with Gasteiger partial charge in [0, 0.05) is 5.56 Å². The van der Waals surface area contributed by atoms with Crippen molar-refractivity contribution in [1.82, 2.24) is 0 Å². The van der Waals surface area contributed by atoms with Crippen LogP contribution in [0.25, 0.3) is 0 Å². The number of nitrogens with two attached hydrogens (primary N) is 1. The maximum atomic E-state index is 13.7. The first-order valence-electron chi connectivity index (χ1n) is 5.13. The van der Waals surface area contributed by atoms with E-state index in [4.69, 9.17) is 17.3 Å². The summed E-state index contributed by atoms with van der Waals surface area (Å²) in [7, 11) is 0. The van der Waals surface area contributed by atoms with Crippen LogP contribution in [-0.2, 0) is 9.53 Å². The van der Waals surface area contributed by atoms with Crippen LogP contribution in [0.2, 0.25) is 5.02 Å². The third-order valence-corrected chi connectivity index (χ3v) is 3.63. The van der Waals surface area contributed by atoms with Crippen LogP contribution in [0.4, 0.5) is 4.39 Å². The third kappa shape index (κ3) is 3.13. The number of aromatic hydroxyl groups is 1. The molecule has 0 aliphatic carbocycles. The molecule has 0 bridgehead atoms. The highest BCUT2D eigenvalue weighted by Gasteiger charge is 2.30. The number of phenols is 1. The molecule has 2 atom stereocenters. The summed E-state index contributed by atoms with van der Waals surface area (Å²) in [6.07, 6.45) is -2.05. The first kappa shape index (κ1) is 15.2. The molecule has 100 valence electrons. The Morgan fingerprint density at radius 3 is 2.83 bits per heavy atom. The van der Waals surface area contributed by atoms with Gasteiger partial charge in [0.25, 0.3) is 0 Å². The Bertz CT molecular complexity index is 458. The second-order valence-corrected chi connectivity index (χ2v) is 4.68. The van der Waals surface area contributed by atoms with Crippen molar-refractivity contribution in [1.29, 1.82) is 0 Å². The molecule has 0 aliphatic rings. The number of hydrogen-bond donors (Lipinski definition) is 2. The molecule has 3 N–H and O–H groups in total. The summed E-state index contributed by atoms with van der Waals surface area (Å²) in [5, 5.41) is 10.0. The standard InChI is InChI=1S/C11H12BrClFNO3/c1-2-18-11(17)8(14)9(15)5-3-4-6(13)7(12)10(5)16/h3-4,8-9,16H,2,15H2,1H3/t8?,9-/m0/s1. The fourth-order valence-electron chi connectivity index (χ4n) is 1.35. The van der Waals surface area contributed by atoms with Crippen LogP contribution in [-0.4, -0.2) is 23.9 Å². The number of halogens is 3. The van der Waals surface area contributed by atoms with Crippen LogP contribution < -0.4 is 5.73 Å². The monoisotopic (exact) mass is 339 g/mol. The van der Waals surface area contributed by atoms with Gasteiger partial charge in [0.15, 0.2) is 0 Å². The minimum atomic E-state index is -2.05. The van der Waals surface area contributed by atoms with E-state index in [1.165, 1.54) is 12.1 Å². The van der Waals surface area contributed by atoms with Gasteiger partial charge >= 0.3 is 5.97 Å². The van der Waals surface area contributed by atoms with E-state index in [2.05, 4.69) is 20.7 Å². The summed E-state index contributed by atoms with van der Waals surface area (Å²) in [4.78, 5) is 11.2. The van der Waals surface area contributed by atoms with Gasteiger partial charge in [-0.3, -0.25) is 0 Å². The molecule has 1 aromatic rings. The van der Waals surface area contributed by atoms with E-state index >= 15 is 0 Å². The molecule has 18 heavy (non-hydrogen) atoms. The topological polar surface area (TPSA) is 72.5 Å². The van der Waals surface area contributed by atoms with Gasteiger partial charge in [0.05, 0.1) is 22.1 Å². The Morgan fingerprint density at radius 1 is 1.67 bits per heavy atom. The van der Waals surface area contributed by atoms with Gasteiger partial charge in [-0.2, -0.15) is 0 Å². The van der Waals surface area contributed by atoms with E-state index in [0.717, 1.165) is 0 Å². The van der Waals surface area contributed by atoms with Crippen LogP contribution in [0.1, 0.15) is 18.5 Å². The number of rotatable bonds is 4. The van der Waals surface area contributed by atoms with Crippen LogP contribution in [0.15, 0.2) is 16.6 Å². The summed E-state index contributed by atoms with van der Waals surface area (Å²) in [6, 6.07) is 1.48. The number of phenolic OH excluding ortho intramolecular Hbond substituents is 1. The largest absolute Gasteiger partial charge is 0.506 e. The Labute approximate surface area is 117 Å². The maximum absolute atomic E-state index is 13.7. The van der Waals surface area contributed by atoms with Crippen LogP contribution in [0, 0.1) is 0 Å². The lowest BCUT2D eigenvalue weighted by atomic mass is 10.0. The quantitative estimate of drug-likeness (QED) is 0.827. The molecule has 7 heteroatoms. The molecule has 0 radical (unpaired) electrons. The predicted molar refractivity (Wildman–Crippen MR) is 69.3 cm³/mol. The fourth-order valence-corrected chi connectivity index (χ4v) is 1.86. The van der Waals surface area contributed by atoms with Gasteiger partial charge in [-0.15, -0.1) is 0 Å². The zero-order chi connectivity index (χ0) is 13.9. The molecule has 0 aliphatic heterocycles. The number of ether oxygens (including phenoxy) is 1. The molecule has 4 nitrogen and oxygen atoms in total. The fraction of sp³-hybridized carbons (Fsp3) is 0.364. The Hall–Kier alpha value is -0.850. The molecule has 0 amide bonds. The smallest absolute Gasteiger partial charge is 0.342 e. The summed E-state index contributed by atoms with van der Waals surface area (Å²) in [6.45, 7) is 1.62. The van der Waals surface area contributed by atoms with Gasteiger partial charge in [0.2, 0.25) is 6.17 Å². The van der Waals surface area contributed by atoms with Gasteiger partial charge in [-0.25, -0.2) is 9.18 Å². The zero-order valence-electron chi connectivity index (χ0n) is 9.49. The Balaban J connectivity index is 3.00. The zero-order valence-corrected chi connectivity index (χ0v) is 11.8. The lowest BCUT2D eigenvalue weighted by Crippen LogP contribution is -2.31. The van der Waals surface area contributed by atoms with Gasteiger partial charge < -0.3 is 15.6 Å². The molecule has 0 saturated carbocycles. The first-order valence-corrected chi connectivity index (χ1v) is 6.30. The van der Waals surface area contributed by atoms with E-state index in [1.807, 2.05) is 0 Å². The molecule has 0 saturated heterocycles. The highest BCUT2D eigenvalue weighted by molar-refractivity contribution is 9.10. The maximum Gasteiger partial charge on any atom is 0.342 e. The van der Waals surface area contributed by atoms with Crippen molar-refractivity contribution in [3.05, 3.63) is 27.2 Å². The van der Waals surface area contributed by atoms with E-state index in [0.29, 0.717) is 0 Å². The Morgan fingerprint density at radius 2 is 2.28 bits per heavy atom. The summed E-state index contributed by atoms with van der Waals surface area (Å²) in [5.74, 6) is -1.35. The highest BCUT2D eigenvalue weighted by Crippen LogP contribution is 2.37. The normalized spacial score (nSPS) is 14.1. The second-order valence-electron chi connectivity index (χ2n) is 3.48. The lowest BCUT2D eigenvalue weighted by Gasteiger charge is -2.17. The third-order valence-electron chi connectivity index (χ3n) is 2.29. The average molecular weight is 341 g/mol. The molecule has 1 unspecified atom stereocenters. The Kier molecular flexibility index (Phi) is 5.37. The average Bonchev–Trinajstić information content (AvgIpc) is 2.35. The molecule has 0 aromatic heterocycles. The number of carbonyl (C=O) groups is 1. The number of carbonyl (C=O) groups excluding carboxylic acids is 1. The second kappa shape index (κ2) is 6.36. The van der Waals surface area contributed by atoms with Crippen molar-refractivity contribution in [3.63, 3.8) is 0 Å². The van der Waals surface area contributed by atoms with Crippen molar-refractivity contribution in [2.75, 3.05) is 6.61 Å². The molecular weight excluding hydrogens is 328 g/mol. The van der Waals surface area contributed by atoms with Crippen LogP contribution >= 0.6 is 27.5 Å². The van der Waals surface area contributed by atoms with Crippen molar-refractivity contribution in [2.45, 2.75) is 19.1 Å². The minimum absolute atomic E-state index is 0.0578. The van der Waals surface area contributed by atoms with Gasteiger partial charge in [0.1, 0.15) is 5.75 Å². The van der Waals surface area contributed by atoms with E-state index < -0.39 is 18.2 Å². The van der Waals surface area contributed by atoms with Crippen molar-refractivity contribution in [3.8, 4) is 5.75 Å². The summed E-state index contributed by atoms with van der Waals surface area (Å²) >= 11 is 8.79. The lowest BCUT2D eigenvalue weighted by molar-refractivity contribution is -0.149. The summed E-state index contributed by atoms with van der Waals surface area (Å²) < 4.78 is 18.4. The van der Waals surface area contributed by atoms with Crippen molar-refractivity contribution in [2.24, 2.45) is 5.73 Å². The number of esters is 1. The molecular formula is C11H12BrClFNO3. The van der Waals surface area contributed by atoms with E-state index in [9.17, 15) is 14.3 Å². The van der Waals surface area contributed by atoms with Gasteiger partial charge in [-0.1, -0.05) is 17.7 Å². The molecule has 0 fully saturated rings. The number of hydrogen-bond acceptors (Lipinski definition) is 4.